The Morgan fingerprint density at radius 2 is 1.82 bits per heavy atom. The van der Waals surface area contributed by atoms with Crippen LogP contribution >= 0.6 is 35.9 Å². The van der Waals surface area contributed by atoms with Crippen molar-refractivity contribution in [3.8, 4) is 0 Å². The van der Waals surface area contributed by atoms with E-state index in [1.807, 2.05) is 12.2 Å². The summed E-state index contributed by atoms with van der Waals surface area (Å²) in [6.07, 6.45) is 18.4. The third-order valence-electron chi connectivity index (χ3n) is 1.92. The van der Waals surface area contributed by atoms with Crippen LogP contribution in [0.25, 0.3) is 0 Å². The standard InChI is InChI=1S/C7H10ClSi.C5H5.2ClH.Zr/c1-9(2,8)7-5-3-4-6-7;1-2-4-5-3-1;;;/h3,5H,4H2,1-2H3;1-3H,4H2;2*1H;/q2*-1;;;+2. The number of allylic oxidation sites excluding steroid dienone is 8. The van der Waals surface area contributed by atoms with Crippen LogP contribution in [0.4, 0.5) is 0 Å². The molecule has 0 bridgehead atoms. The van der Waals surface area contributed by atoms with Gasteiger partial charge in [-0.25, -0.2) is 23.4 Å². The fourth-order valence-electron chi connectivity index (χ4n) is 1.15. The molecule has 0 saturated carbocycles. The van der Waals surface area contributed by atoms with Crippen molar-refractivity contribution >= 4 is 43.3 Å². The molecule has 0 radical (unpaired) electrons. The molecule has 0 heterocycles. The summed E-state index contributed by atoms with van der Waals surface area (Å²) in [5.41, 5.74) is 0. The van der Waals surface area contributed by atoms with Gasteiger partial charge >= 0.3 is 26.2 Å². The molecule has 0 fully saturated rings. The Labute approximate surface area is 142 Å². The van der Waals surface area contributed by atoms with E-state index in [4.69, 9.17) is 11.1 Å². The summed E-state index contributed by atoms with van der Waals surface area (Å²) >= 11 is 6.13. The smallest absolute Gasteiger partial charge is 0.273 e. The van der Waals surface area contributed by atoms with Gasteiger partial charge in [0.15, 0.2) is 0 Å². The van der Waals surface area contributed by atoms with Gasteiger partial charge < -0.3 is 0 Å². The van der Waals surface area contributed by atoms with Gasteiger partial charge in [-0.2, -0.15) is 23.2 Å². The van der Waals surface area contributed by atoms with Gasteiger partial charge in [-0.3, -0.25) is 12.2 Å². The van der Waals surface area contributed by atoms with Crippen molar-refractivity contribution in [2.45, 2.75) is 25.9 Å². The van der Waals surface area contributed by atoms with Crippen molar-refractivity contribution in [2.75, 3.05) is 0 Å². The SMILES string of the molecule is C[Si](C)(Cl)C1=[C-]CC=C1.Cl.Cl.[C-]1=CC=CC1.[Zr+2]. The predicted octanol–water partition coefficient (Wildman–Crippen LogP) is 4.81. The van der Waals surface area contributed by atoms with E-state index in [9.17, 15) is 0 Å². The van der Waals surface area contributed by atoms with E-state index in [1.165, 1.54) is 5.20 Å². The molecule has 0 aromatic rings. The first kappa shape index (κ1) is 23.1. The van der Waals surface area contributed by atoms with Crippen LogP contribution in [0.3, 0.4) is 0 Å². The quantitative estimate of drug-likeness (QED) is 0.345. The topological polar surface area (TPSA) is 0 Å². The maximum absolute atomic E-state index is 6.13. The minimum Gasteiger partial charge on any atom is -0.273 e. The number of hydrogen-bond acceptors (Lipinski definition) is 0. The minimum absolute atomic E-state index is 0. The monoisotopic (exact) mass is 384 g/mol. The van der Waals surface area contributed by atoms with Crippen LogP contribution in [-0.2, 0) is 26.2 Å². The first-order chi connectivity index (χ1) is 6.61. The third kappa shape index (κ3) is 10.5. The molecular formula is C12H17Cl3SiZr. The molecule has 94 valence electrons. The van der Waals surface area contributed by atoms with Crippen LogP contribution in [0.5, 0.6) is 0 Å². The summed E-state index contributed by atoms with van der Waals surface area (Å²) in [6.45, 7) is 4.24. The summed E-state index contributed by atoms with van der Waals surface area (Å²) in [5, 5.41) is 1.25. The Bertz CT molecular complexity index is 291. The van der Waals surface area contributed by atoms with Crippen molar-refractivity contribution in [1.29, 1.82) is 0 Å². The molecule has 5 heteroatoms. The average Bonchev–Trinajstić information content (AvgIpc) is 2.80. The second kappa shape index (κ2) is 12.0. The van der Waals surface area contributed by atoms with E-state index in [0.29, 0.717) is 0 Å². The van der Waals surface area contributed by atoms with Gasteiger partial charge in [0, 0.05) is 0 Å². The Morgan fingerprint density at radius 3 is 2.00 bits per heavy atom. The minimum atomic E-state index is -1.53. The van der Waals surface area contributed by atoms with Crippen LogP contribution in [0, 0.1) is 12.2 Å². The Morgan fingerprint density at radius 1 is 1.18 bits per heavy atom. The summed E-state index contributed by atoms with van der Waals surface area (Å²) < 4.78 is 0. The summed E-state index contributed by atoms with van der Waals surface area (Å²) in [6, 6.07) is 0. The van der Waals surface area contributed by atoms with Crippen LogP contribution in [0.2, 0.25) is 13.1 Å². The van der Waals surface area contributed by atoms with Crippen LogP contribution in [-0.4, -0.2) is 7.38 Å². The zero-order valence-electron chi connectivity index (χ0n) is 10.00. The van der Waals surface area contributed by atoms with Gasteiger partial charge in [-0.05, 0) is 0 Å². The van der Waals surface area contributed by atoms with Gasteiger partial charge in [0.2, 0.25) is 0 Å². The van der Waals surface area contributed by atoms with Crippen molar-refractivity contribution in [3.63, 3.8) is 0 Å². The van der Waals surface area contributed by atoms with E-state index >= 15 is 0 Å². The maximum Gasteiger partial charge on any atom is 2.00 e. The van der Waals surface area contributed by atoms with Crippen LogP contribution < -0.4 is 0 Å². The zero-order valence-corrected chi connectivity index (χ0v) is 15.8. The number of hydrogen-bond donors (Lipinski definition) is 0. The van der Waals surface area contributed by atoms with Gasteiger partial charge in [0.1, 0.15) is 7.38 Å². The third-order valence-corrected chi connectivity index (χ3v) is 4.16. The summed E-state index contributed by atoms with van der Waals surface area (Å²) in [7, 11) is -1.53. The van der Waals surface area contributed by atoms with Crippen molar-refractivity contribution < 1.29 is 26.2 Å². The molecule has 0 aromatic heterocycles. The van der Waals surface area contributed by atoms with Crippen molar-refractivity contribution in [3.05, 3.63) is 47.7 Å². The van der Waals surface area contributed by atoms with E-state index in [2.05, 4.69) is 43.5 Å². The molecule has 0 N–H and O–H groups in total. The van der Waals surface area contributed by atoms with Gasteiger partial charge in [-0.15, -0.1) is 37.7 Å². The normalized spacial score (nSPS) is 14.9. The van der Waals surface area contributed by atoms with E-state index in [0.717, 1.165) is 12.8 Å². The first-order valence-electron chi connectivity index (χ1n) is 4.79. The molecule has 0 aromatic carbocycles. The molecule has 2 aliphatic carbocycles. The summed E-state index contributed by atoms with van der Waals surface area (Å²) in [4.78, 5) is 0. The van der Waals surface area contributed by atoms with Crippen molar-refractivity contribution in [1.82, 2.24) is 0 Å². The summed E-state index contributed by atoms with van der Waals surface area (Å²) in [5.74, 6) is 0. The second-order valence-corrected chi connectivity index (χ2v) is 9.99. The Balaban J connectivity index is -0.000000216. The second-order valence-electron chi connectivity index (χ2n) is 3.67. The predicted molar refractivity (Wildman–Crippen MR) is 79.9 cm³/mol. The van der Waals surface area contributed by atoms with Gasteiger partial charge in [0.05, 0.1) is 0 Å². The molecule has 0 saturated heterocycles. The molecule has 2 aliphatic rings. The molecule has 0 amide bonds. The van der Waals surface area contributed by atoms with Crippen LogP contribution in [0.1, 0.15) is 12.8 Å². The Kier molecular flexibility index (Phi) is 16.3. The average molecular weight is 387 g/mol. The van der Waals surface area contributed by atoms with Gasteiger partial charge in [0.25, 0.3) is 0 Å². The molecule has 2 rings (SSSR count). The van der Waals surface area contributed by atoms with E-state index in [1.54, 1.807) is 0 Å². The molecule has 0 nitrogen and oxygen atoms in total. The fraction of sp³-hybridized carbons (Fsp3) is 0.333. The Hall–Kier alpha value is 0.930. The molecular weight excluding hydrogens is 370 g/mol. The molecule has 0 aliphatic heterocycles. The van der Waals surface area contributed by atoms with Crippen molar-refractivity contribution in [2.24, 2.45) is 0 Å². The first-order valence-corrected chi connectivity index (χ1v) is 8.80. The molecule has 17 heavy (non-hydrogen) atoms. The fourth-order valence-corrected chi connectivity index (χ4v) is 2.58. The van der Waals surface area contributed by atoms with Crippen LogP contribution in [0.15, 0.2) is 35.6 Å². The molecule has 0 spiro atoms. The molecule has 0 unspecified atom stereocenters. The molecule has 0 atom stereocenters. The van der Waals surface area contributed by atoms with E-state index < -0.39 is 7.38 Å². The van der Waals surface area contributed by atoms with Gasteiger partial charge in [-0.1, -0.05) is 13.1 Å². The number of rotatable bonds is 1. The van der Waals surface area contributed by atoms with E-state index in [-0.39, 0.29) is 51.0 Å². The maximum atomic E-state index is 6.13. The zero-order chi connectivity index (χ0) is 10.4. The number of halogens is 3. The largest absolute Gasteiger partial charge is 2.00 e.